The van der Waals surface area contributed by atoms with Gasteiger partial charge in [0.25, 0.3) is 5.91 Å². The average Bonchev–Trinajstić information content (AvgIpc) is 2.70. The molecule has 18 heavy (non-hydrogen) atoms. The highest BCUT2D eigenvalue weighted by atomic mass is 16.5. The molecule has 2 aromatic heterocycles. The summed E-state index contributed by atoms with van der Waals surface area (Å²) in [5.41, 5.74) is 2.62. The van der Waals surface area contributed by atoms with Crippen LogP contribution < -0.4 is 10.1 Å². The maximum atomic E-state index is 12.1. The predicted octanol–water partition coefficient (Wildman–Crippen LogP) is 1.68. The number of aryl methyl sites for hydroxylation is 2. The van der Waals surface area contributed by atoms with Gasteiger partial charge in [0.2, 0.25) is 5.88 Å². The molecule has 0 aromatic carbocycles. The van der Waals surface area contributed by atoms with E-state index in [1.165, 1.54) is 7.11 Å². The zero-order valence-electron chi connectivity index (χ0n) is 10.4. The van der Waals surface area contributed by atoms with Crippen LogP contribution in [0.3, 0.4) is 0 Å². The van der Waals surface area contributed by atoms with Gasteiger partial charge in [0.1, 0.15) is 5.56 Å². The lowest BCUT2D eigenvalue weighted by Gasteiger charge is -2.08. The molecule has 0 aliphatic carbocycles. The van der Waals surface area contributed by atoms with Crippen LogP contribution in [0.5, 0.6) is 5.88 Å². The Morgan fingerprint density at radius 3 is 2.83 bits per heavy atom. The number of aromatic nitrogens is 3. The number of amides is 1. The van der Waals surface area contributed by atoms with Crippen LogP contribution in [-0.4, -0.2) is 28.2 Å². The fourth-order valence-electron chi connectivity index (χ4n) is 1.64. The van der Waals surface area contributed by atoms with E-state index >= 15 is 0 Å². The van der Waals surface area contributed by atoms with Crippen LogP contribution in [0.25, 0.3) is 0 Å². The van der Waals surface area contributed by atoms with E-state index in [0.29, 0.717) is 17.1 Å². The summed E-state index contributed by atoms with van der Waals surface area (Å²) in [7, 11) is 1.48. The monoisotopic (exact) mass is 246 g/mol. The quantitative estimate of drug-likeness (QED) is 0.863. The van der Waals surface area contributed by atoms with Crippen molar-refractivity contribution in [2.75, 3.05) is 12.4 Å². The number of hydrogen-bond acceptors (Lipinski definition) is 4. The van der Waals surface area contributed by atoms with Gasteiger partial charge >= 0.3 is 0 Å². The summed E-state index contributed by atoms with van der Waals surface area (Å²) in [6.45, 7) is 3.66. The van der Waals surface area contributed by atoms with E-state index < -0.39 is 0 Å². The van der Waals surface area contributed by atoms with Crippen LogP contribution >= 0.6 is 0 Å². The minimum Gasteiger partial charge on any atom is -0.480 e. The van der Waals surface area contributed by atoms with E-state index in [-0.39, 0.29) is 5.91 Å². The molecular formula is C12H14N4O2. The summed E-state index contributed by atoms with van der Waals surface area (Å²) < 4.78 is 5.05. The van der Waals surface area contributed by atoms with Crippen molar-refractivity contribution >= 4 is 11.6 Å². The number of nitrogens with one attached hydrogen (secondary N) is 2. The number of rotatable bonds is 3. The summed E-state index contributed by atoms with van der Waals surface area (Å²) >= 11 is 0. The van der Waals surface area contributed by atoms with Crippen LogP contribution in [0, 0.1) is 13.8 Å². The highest BCUT2D eigenvalue weighted by Crippen LogP contribution is 2.20. The second kappa shape index (κ2) is 4.87. The van der Waals surface area contributed by atoms with Crippen LogP contribution in [0.4, 0.5) is 5.69 Å². The highest BCUT2D eigenvalue weighted by Gasteiger charge is 2.16. The number of anilines is 1. The van der Waals surface area contributed by atoms with Gasteiger partial charge in [0.15, 0.2) is 0 Å². The zero-order chi connectivity index (χ0) is 13.1. The summed E-state index contributed by atoms with van der Waals surface area (Å²) in [4.78, 5) is 16.1. The maximum absolute atomic E-state index is 12.1. The van der Waals surface area contributed by atoms with Crippen LogP contribution in [-0.2, 0) is 0 Å². The molecule has 6 heteroatoms. The molecule has 2 rings (SSSR count). The van der Waals surface area contributed by atoms with E-state index in [0.717, 1.165) is 11.4 Å². The number of nitrogens with zero attached hydrogens (tertiary/aromatic N) is 2. The van der Waals surface area contributed by atoms with Gasteiger partial charge in [0.05, 0.1) is 24.2 Å². The summed E-state index contributed by atoms with van der Waals surface area (Å²) in [6.07, 6.45) is 1.57. The number of carbonyl (C=O) groups is 1. The van der Waals surface area contributed by atoms with Crippen molar-refractivity contribution in [3.63, 3.8) is 0 Å². The molecule has 2 heterocycles. The molecule has 0 saturated carbocycles. The first kappa shape index (κ1) is 12.1. The smallest absolute Gasteiger partial charge is 0.261 e. The summed E-state index contributed by atoms with van der Waals surface area (Å²) in [5.74, 6) is 0.0290. The van der Waals surface area contributed by atoms with Crippen LogP contribution in [0.2, 0.25) is 0 Å². The largest absolute Gasteiger partial charge is 0.480 e. The standard InChI is InChI=1S/C12H14N4O2/c1-7-10(8(2)16-15-7)14-11(17)9-5-4-6-13-12(9)18-3/h4-6H,1-3H3,(H,14,17)(H,15,16). The van der Waals surface area contributed by atoms with Crippen molar-refractivity contribution in [2.24, 2.45) is 0 Å². The molecule has 1 amide bonds. The van der Waals surface area contributed by atoms with E-state index in [4.69, 9.17) is 4.74 Å². The number of hydrogen-bond donors (Lipinski definition) is 2. The lowest BCUT2D eigenvalue weighted by atomic mass is 10.2. The van der Waals surface area contributed by atoms with Crippen molar-refractivity contribution in [3.8, 4) is 5.88 Å². The average molecular weight is 246 g/mol. The molecular weight excluding hydrogens is 232 g/mol. The lowest BCUT2D eigenvalue weighted by molar-refractivity contribution is 0.102. The van der Waals surface area contributed by atoms with Crippen molar-refractivity contribution < 1.29 is 9.53 Å². The second-order valence-electron chi connectivity index (χ2n) is 3.82. The number of pyridine rings is 1. The van der Waals surface area contributed by atoms with Gasteiger partial charge < -0.3 is 10.1 Å². The number of aromatic amines is 1. The van der Waals surface area contributed by atoms with Gasteiger partial charge in [0, 0.05) is 6.20 Å². The third-order valence-electron chi connectivity index (χ3n) is 2.58. The number of methoxy groups -OCH3 is 1. The van der Waals surface area contributed by atoms with Gasteiger partial charge in [-0.2, -0.15) is 5.10 Å². The predicted molar refractivity (Wildman–Crippen MR) is 66.8 cm³/mol. The minimum absolute atomic E-state index is 0.271. The fourth-order valence-corrected chi connectivity index (χ4v) is 1.64. The molecule has 0 aliphatic heterocycles. The van der Waals surface area contributed by atoms with Crippen molar-refractivity contribution in [1.82, 2.24) is 15.2 Å². The van der Waals surface area contributed by atoms with Crippen molar-refractivity contribution in [3.05, 3.63) is 35.3 Å². The van der Waals surface area contributed by atoms with Gasteiger partial charge in [-0.15, -0.1) is 0 Å². The molecule has 2 aromatic rings. The second-order valence-corrected chi connectivity index (χ2v) is 3.82. The van der Waals surface area contributed by atoms with E-state index in [1.807, 2.05) is 13.8 Å². The Bertz CT molecular complexity index is 558. The van der Waals surface area contributed by atoms with E-state index in [1.54, 1.807) is 18.3 Å². The normalized spacial score (nSPS) is 10.2. The van der Waals surface area contributed by atoms with Crippen LogP contribution in [0.15, 0.2) is 18.3 Å². The molecule has 94 valence electrons. The van der Waals surface area contributed by atoms with E-state index in [2.05, 4.69) is 20.5 Å². The lowest BCUT2D eigenvalue weighted by Crippen LogP contribution is -2.14. The number of carbonyl (C=O) groups excluding carboxylic acids is 1. The molecule has 0 unspecified atom stereocenters. The molecule has 0 fully saturated rings. The van der Waals surface area contributed by atoms with Crippen molar-refractivity contribution in [1.29, 1.82) is 0 Å². The third-order valence-corrected chi connectivity index (χ3v) is 2.58. The Morgan fingerprint density at radius 2 is 2.22 bits per heavy atom. The molecule has 2 N–H and O–H groups in total. The van der Waals surface area contributed by atoms with Crippen LogP contribution in [0.1, 0.15) is 21.7 Å². The molecule has 0 aliphatic rings. The van der Waals surface area contributed by atoms with Gasteiger partial charge in [-0.1, -0.05) is 0 Å². The summed E-state index contributed by atoms with van der Waals surface area (Å²) in [5, 5.41) is 9.63. The molecule has 0 radical (unpaired) electrons. The van der Waals surface area contributed by atoms with Gasteiger partial charge in [-0.05, 0) is 26.0 Å². The summed E-state index contributed by atoms with van der Waals surface area (Å²) in [6, 6.07) is 3.35. The SMILES string of the molecule is COc1ncccc1C(=O)Nc1c(C)n[nH]c1C. The Labute approximate surface area is 104 Å². The molecule has 0 atom stereocenters. The van der Waals surface area contributed by atoms with E-state index in [9.17, 15) is 4.79 Å². The zero-order valence-corrected chi connectivity index (χ0v) is 10.4. The van der Waals surface area contributed by atoms with Gasteiger partial charge in [-0.25, -0.2) is 4.98 Å². The first-order valence-corrected chi connectivity index (χ1v) is 5.45. The first-order chi connectivity index (χ1) is 8.63. The molecule has 0 saturated heterocycles. The molecule has 0 spiro atoms. The Kier molecular flexibility index (Phi) is 3.27. The maximum Gasteiger partial charge on any atom is 0.261 e. The fraction of sp³-hybridized carbons (Fsp3) is 0.250. The Hall–Kier alpha value is -2.37. The molecule has 6 nitrogen and oxygen atoms in total. The Balaban J connectivity index is 2.28. The molecule has 0 bridgehead atoms. The van der Waals surface area contributed by atoms with Crippen molar-refractivity contribution in [2.45, 2.75) is 13.8 Å². The highest BCUT2D eigenvalue weighted by molar-refractivity contribution is 6.06. The minimum atomic E-state index is -0.271. The van der Waals surface area contributed by atoms with Gasteiger partial charge in [-0.3, -0.25) is 9.89 Å². The Morgan fingerprint density at radius 1 is 1.44 bits per heavy atom. The topological polar surface area (TPSA) is 79.9 Å². The third kappa shape index (κ3) is 2.17. The number of H-pyrrole nitrogens is 1. The number of ether oxygens (including phenoxy) is 1. The first-order valence-electron chi connectivity index (χ1n) is 5.45.